The van der Waals surface area contributed by atoms with E-state index in [1.54, 1.807) is 12.1 Å². The summed E-state index contributed by atoms with van der Waals surface area (Å²) in [6, 6.07) is 5.66. The van der Waals surface area contributed by atoms with E-state index in [1.165, 1.54) is 12.1 Å². The van der Waals surface area contributed by atoms with Crippen molar-refractivity contribution < 1.29 is 12.3 Å². The highest BCUT2D eigenvalue weighted by Crippen LogP contribution is 2.23. The van der Waals surface area contributed by atoms with Crippen LogP contribution in [0.25, 0.3) is 0 Å². The van der Waals surface area contributed by atoms with E-state index in [9.17, 15) is 12.3 Å². The maximum atomic E-state index is 12.4. The summed E-state index contributed by atoms with van der Waals surface area (Å²) in [5, 5.41) is 0. The van der Waals surface area contributed by atoms with Crippen LogP contribution in [0.4, 0.5) is 3.89 Å². The van der Waals surface area contributed by atoms with Crippen LogP contribution in [0.1, 0.15) is 17.3 Å². The Morgan fingerprint density at radius 1 is 1.31 bits per heavy atom. The van der Waals surface area contributed by atoms with E-state index in [2.05, 4.69) is 15.9 Å². The van der Waals surface area contributed by atoms with E-state index < -0.39 is 10.2 Å². The molecule has 1 rings (SSSR count). The SMILES string of the molecule is C[C@@H](Br)c1ccc(S(=O)(=O)F)cc1. The Labute approximate surface area is 85.1 Å². The second-order valence-corrected chi connectivity index (χ2v) is 5.34. The molecule has 0 aliphatic heterocycles. The Morgan fingerprint density at radius 2 is 1.77 bits per heavy atom. The molecule has 0 fully saturated rings. The Kier molecular flexibility index (Phi) is 3.08. The second-order valence-electron chi connectivity index (χ2n) is 2.62. The van der Waals surface area contributed by atoms with Gasteiger partial charge < -0.3 is 0 Å². The zero-order valence-corrected chi connectivity index (χ0v) is 9.27. The van der Waals surface area contributed by atoms with Crippen LogP contribution >= 0.6 is 15.9 Å². The average molecular weight is 267 g/mol. The Balaban J connectivity index is 3.08. The minimum absolute atomic E-state index is 0.129. The highest BCUT2D eigenvalue weighted by atomic mass is 79.9. The van der Waals surface area contributed by atoms with Gasteiger partial charge in [-0.1, -0.05) is 28.1 Å². The van der Waals surface area contributed by atoms with Crippen molar-refractivity contribution in [3.63, 3.8) is 0 Å². The predicted octanol–water partition coefficient (Wildman–Crippen LogP) is 2.80. The van der Waals surface area contributed by atoms with Crippen molar-refractivity contribution in [2.45, 2.75) is 16.6 Å². The summed E-state index contributed by atoms with van der Waals surface area (Å²) in [5.74, 6) is 0. The Morgan fingerprint density at radius 3 is 2.08 bits per heavy atom. The molecular formula is C8H8BrFO2S. The lowest BCUT2D eigenvalue weighted by atomic mass is 10.2. The van der Waals surface area contributed by atoms with E-state index in [0.717, 1.165) is 5.56 Å². The van der Waals surface area contributed by atoms with Crippen LogP contribution in [0.2, 0.25) is 0 Å². The third kappa shape index (κ3) is 2.77. The van der Waals surface area contributed by atoms with Gasteiger partial charge in [0.05, 0.1) is 4.90 Å². The fraction of sp³-hybridized carbons (Fsp3) is 0.250. The van der Waals surface area contributed by atoms with Gasteiger partial charge in [0.15, 0.2) is 0 Å². The van der Waals surface area contributed by atoms with Gasteiger partial charge in [0.2, 0.25) is 0 Å². The van der Waals surface area contributed by atoms with Gasteiger partial charge >= 0.3 is 10.2 Å². The molecule has 0 N–H and O–H groups in total. The zero-order valence-electron chi connectivity index (χ0n) is 6.87. The lowest BCUT2D eigenvalue weighted by Crippen LogP contribution is -1.92. The molecular weight excluding hydrogens is 259 g/mol. The van der Waals surface area contributed by atoms with Crippen LogP contribution in [-0.4, -0.2) is 8.42 Å². The summed E-state index contributed by atoms with van der Waals surface area (Å²) in [4.78, 5) is -0.173. The van der Waals surface area contributed by atoms with Crippen molar-refractivity contribution in [2.24, 2.45) is 0 Å². The fourth-order valence-electron chi connectivity index (χ4n) is 0.896. The molecule has 1 aromatic carbocycles. The molecule has 0 saturated heterocycles. The predicted molar refractivity (Wildman–Crippen MR) is 52.1 cm³/mol. The second kappa shape index (κ2) is 3.75. The van der Waals surface area contributed by atoms with Gasteiger partial charge in [-0.05, 0) is 24.6 Å². The zero-order chi connectivity index (χ0) is 10.1. The first-order valence-corrected chi connectivity index (χ1v) is 5.90. The van der Waals surface area contributed by atoms with Crippen LogP contribution in [0.3, 0.4) is 0 Å². The molecule has 72 valence electrons. The molecule has 0 radical (unpaired) electrons. The van der Waals surface area contributed by atoms with E-state index in [4.69, 9.17) is 0 Å². The minimum atomic E-state index is -4.56. The van der Waals surface area contributed by atoms with Crippen molar-refractivity contribution in [1.29, 1.82) is 0 Å². The van der Waals surface area contributed by atoms with Crippen LogP contribution in [0.15, 0.2) is 29.2 Å². The number of alkyl halides is 1. The monoisotopic (exact) mass is 266 g/mol. The largest absolute Gasteiger partial charge is 0.332 e. The summed E-state index contributed by atoms with van der Waals surface area (Å²) in [5.41, 5.74) is 0.910. The third-order valence-corrected chi connectivity index (χ3v) is 2.98. The van der Waals surface area contributed by atoms with Crippen molar-refractivity contribution in [3.05, 3.63) is 29.8 Å². The summed E-state index contributed by atoms with van der Waals surface area (Å²) in [7, 11) is -4.56. The molecule has 1 aromatic rings. The smallest absolute Gasteiger partial charge is 0.189 e. The van der Waals surface area contributed by atoms with Gasteiger partial charge in [0.25, 0.3) is 0 Å². The molecule has 1 atom stereocenters. The first-order valence-electron chi connectivity index (χ1n) is 3.60. The highest BCUT2D eigenvalue weighted by molar-refractivity contribution is 9.09. The lowest BCUT2D eigenvalue weighted by molar-refractivity contribution is 0.552. The first kappa shape index (κ1) is 10.7. The molecule has 2 nitrogen and oxygen atoms in total. The average Bonchev–Trinajstić information content (AvgIpc) is 2.03. The number of hydrogen-bond acceptors (Lipinski definition) is 2. The summed E-state index contributed by atoms with van der Waals surface area (Å²) < 4.78 is 33.3. The molecule has 0 aliphatic carbocycles. The third-order valence-electron chi connectivity index (χ3n) is 1.62. The summed E-state index contributed by atoms with van der Waals surface area (Å²) in [6.45, 7) is 1.90. The van der Waals surface area contributed by atoms with E-state index in [1.807, 2.05) is 6.92 Å². The molecule has 0 spiro atoms. The molecule has 0 unspecified atom stereocenters. The van der Waals surface area contributed by atoms with Gasteiger partial charge in [-0.25, -0.2) is 0 Å². The van der Waals surface area contributed by atoms with E-state index in [0.29, 0.717) is 0 Å². The standard InChI is InChI=1S/C8H8BrFO2S/c1-6(9)7-2-4-8(5-3-7)13(10,11)12/h2-6H,1H3/t6-/m1/s1. The van der Waals surface area contributed by atoms with Crippen molar-refractivity contribution in [3.8, 4) is 0 Å². The topological polar surface area (TPSA) is 34.1 Å². The first-order chi connectivity index (χ1) is 5.91. The quantitative estimate of drug-likeness (QED) is 0.610. The maximum absolute atomic E-state index is 12.4. The van der Waals surface area contributed by atoms with Crippen molar-refractivity contribution in [1.82, 2.24) is 0 Å². The molecule has 13 heavy (non-hydrogen) atoms. The molecule has 5 heteroatoms. The Hall–Kier alpha value is -0.420. The van der Waals surface area contributed by atoms with Crippen molar-refractivity contribution in [2.75, 3.05) is 0 Å². The lowest BCUT2D eigenvalue weighted by Gasteiger charge is -2.02. The fourth-order valence-corrected chi connectivity index (χ4v) is 1.66. The van der Waals surface area contributed by atoms with Crippen molar-refractivity contribution >= 4 is 26.2 Å². The van der Waals surface area contributed by atoms with E-state index >= 15 is 0 Å². The van der Waals surface area contributed by atoms with Gasteiger partial charge in [0.1, 0.15) is 0 Å². The normalized spacial score (nSPS) is 14.1. The number of hydrogen-bond donors (Lipinski definition) is 0. The van der Waals surface area contributed by atoms with Gasteiger partial charge in [0, 0.05) is 4.83 Å². The van der Waals surface area contributed by atoms with E-state index in [-0.39, 0.29) is 9.72 Å². The molecule has 0 aromatic heterocycles. The van der Waals surface area contributed by atoms with Crippen LogP contribution in [0, 0.1) is 0 Å². The van der Waals surface area contributed by atoms with Crippen LogP contribution in [0.5, 0.6) is 0 Å². The molecule has 0 saturated carbocycles. The minimum Gasteiger partial charge on any atom is -0.189 e. The molecule has 0 heterocycles. The molecule has 0 bridgehead atoms. The number of rotatable bonds is 2. The van der Waals surface area contributed by atoms with Gasteiger partial charge in [-0.3, -0.25) is 0 Å². The molecule has 0 aliphatic rings. The number of benzene rings is 1. The van der Waals surface area contributed by atoms with Crippen LogP contribution < -0.4 is 0 Å². The molecule has 0 amide bonds. The number of halogens is 2. The highest BCUT2D eigenvalue weighted by Gasteiger charge is 2.11. The Bertz CT molecular complexity index is 383. The van der Waals surface area contributed by atoms with Gasteiger partial charge in [-0.15, -0.1) is 3.89 Å². The van der Waals surface area contributed by atoms with Crippen LogP contribution in [-0.2, 0) is 10.2 Å². The van der Waals surface area contributed by atoms with Gasteiger partial charge in [-0.2, -0.15) is 8.42 Å². The maximum Gasteiger partial charge on any atom is 0.332 e. The summed E-state index contributed by atoms with van der Waals surface area (Å²) >= 11 is 3.31. The summed E-state index contributed by atoms with van der Waals surface area (Å²) in [6.07, 6.45) is 0.